The molecular weight excluding hydrogens is 258 g/mol. The van der Waals surface area contributed by atoms with Crippen molar-refractivity contribution >= 4 is 23.4 Å². The second-order valence-corrected chi connectivity index (χ2v) is 5.54. The Labute approximate surface area is 118 Å². The molecule has 0 aliphatic rings. The number of rotatable bonds is 5. The first kappa shape index (κ1) is 14.2. The Morgan fingerprint density at radius 2 is 2.21 bits per heavy atom. The molecule has 0 saturated carbocycles. The summed E-state index contributed by atoms with van der Waals surface area (Å²) in [4.78, 5) is 7.76. The molecule has 0 saturated heterocycles. The molecule has 0 fully saturated rings. The van der Waals surface area contributed by atoms with Crippen molar-refractivity contribution in [2.24, 2.45) is 5.92 Å². The van der Waals surface area contributed by atoms with E-state index in [4.69, 9.17) is 17.0 Å². The molecular formula is C14H21N3OS. The molecule has 0 aliphatic heterocycles. The summed E-state index contributed by atoms with van der Waals surface area (Å²) in [5.41, 5.74) is 3.03. The van der Waals surface area contributed by atoms with Gasteiger partial charge in [-0.15, -0.1) is 0 Å². The van der Waals surface area contributed by atoms with Gasteiger partial charge in [0, 0.05) is 12.8 Å². The highest BCUT2D eigenvalue weighted by Gasteiger charge is 2.20. The first-order valence-corrected chi connectivity index (χ1v) is 7.10. The van der Waals surface area contributed by atoms with Crippen LogP contribution in [0.15, 0.2) is 12.3 Å². The van der Waals surface area contributed by atoms with E-state index in [0.717, 1.165) is 16.7 Å². The van der Waals surface area contributed by atoms with Crippen LogP contribution in [0.25, 0.3) is 11.2 Å². The van der Waals surface area contributed by atoms with Gasteiger partial charge in [0.1, 0.15) is 0 Å². The van der Waals surface area contributed by atoms with Gasteiger partial charge >= 0.3 is 0 Å². The second kappa shape index (κ2) is 5.84. The zero-order valence-electron chi connectivity index (χ0n) is 11.9. The van der Waals surface area contributed by atoms with E-state index in [1.165, 1.54) is 0 Å². The second-order valence-electron chi connectivity index (χ2n) is 5.15. The van der Waals surface area contributed by atoms with Crippen LogP contribution in [0.4, 0.5) is 0 Å². The van der Waals surface area contributed by atoms with E-state index in [-0.39, 0.29) is 6.04 Å². The minimum Gasteiger partial charge on any atom is -0.380 e. The lowest BCUT2D eigenvalue weighted by molar-refractivity contribution is 0.0972. The van der Waals surface area contributed by atoms with Crippen LogP contribution in [-0.4, -0.2) is 27.7 Å². The molecule has 1 unspecified atom stereocenters. The highest BCUT2D eigenvalue weighted by Crippen LogP contribution is 2.24. The van der Waals surface area contributed by atoms with Crippen LogP contribution in [0.1, 0.15) is 32.4 Å². The Morgan fingerprint density at radius 3 is 2.84 bits per heavy atom. The molecule has 0 aromatic carbocycles. The number of imidazole rings is 1. The summed E-state index contributed by atoms with van der Waals surface area (Å²) in [5, 5.41) is 0. The van der Waals surface area contributed by atoms with E-state index in [2.05, 4.69) is 34.4 Å². The molecule has 0 radical (unpaired) electrons. The van der Waals surface area contributed by atoms with Crippen molar-refractivity contribution < 1.29 is 4.74 Å². The molecule has 0 aliphatic carbocycles. The zero-order valence-corrected chi connectivity index (χ0v) is 12.8. The molecule has 104 valence electrons. The van der Waals surface area contributed by atoms with Crippen LogP contribution >= 0.6 is 12.2 Å². The largest absolute Gasteiger partial charge is 0.380 e. The number of pyridine rings is 1. The molecule has 1 N–H and O–H groups in total. The lowest BCUT2D eigenvalue weighted by Gasteiger charge is -2.22. The Bertz CT molecular complexity index is 615. The maximum absolute atomic E-state index is 5.60. The standard InChI is InChI=1S/C14H21N3OS/c1-5-18-8-12(9(2)3)17-13-11(16-14(17)19)6-10(4)7-15-13/h6-7,9,12H,5,8H2,1-4H3,(H,16,19). The van der Waals surface area contributed by atoms with Gasteiger partial charge in [0.05, 0.1) is 18.2 Å². The third-order valence-electron chi connectivity index (χ3n) is 3.29. The number of nitrogens with zero attached hydrogens (tertiary/aromatic N) is 2. The number of hydrogen-bond donors (Lipinski definition) is 1. The van der Waals surface area contributed by atoms with Crippen LogP contribution in [0.3, 0.4) is 0 Å². The number of H-pyrrole nitrogens is 1. The van der Waals surface area contributed by atoms with Gasteiger partial charge < -0.3 is 9.72 Å². The Morgan fingerprint density at radius 1 is 1.47 bits per heavy atom. The minimum absolute atomic E-state index is 0.205. The van der Waals surface area contributed by atoms with E-state index in [1.807, 2.05) is 20.0 Å². The zero-order chi connectivity index (χ0) is 14.0. The maximum Gasteiger partial charge on any atom is 0.179 e. The minimum atomic E-state index is 0.205. The van der Waals surface area contributed by atoms with Crippen molar-refractivity contribution in [1.29, 1.82) is 0 Å². The van der Waals surface area contributed by atoms with Crippen molar-refractivity contribution in [3.63, 3.8) is 0 Å². The SMILES string of the molecule is CCOCC(C(C)C)n1c(=S)[nH]c2cc(C)cnc21. The number of aryl methyl sites for hydroxylation is 1. The highest BCUT2D eigenvalue weighted by atomic mass is 32.1. The third kappa shape index (κ3) is 2.87. The predicted octanol–water partition coefficient (Wildman–Crippen LogP) is 3.64. The molecule has 2 aromatic rings. The summed E-state index contributed by atoms with van der Waals surface area (Å²) in [5.74, 6) is 0.431. The number of nitrogens with one attached hydrogen (secondary N) is 1. The topological polar surface area (TPSA) is 42.8 Å². The fourth-order valence-electron chi connectivity index (χ4n) is 2.23. The van der Waals surface area contributed by atoms with E-state index in [1.54, 1.807) is 0 Å². The molecule has 5 heteroatoms. The monoisotopic (exact) mass is 279 g/mol. The van der Waals surface area contributed by atoms with Gasteiger partial charge in [0.2, 0.25) is 0 Å². The van der Waals surface area contributed by atoms with Crippen LogP contribution in [0, 0.1) is 17.6 Å². The molecule has 2 heterocycles. The van der Waals surface area contributed by atoms with Crippen LogP contribution < -0.4 is 0 Å². The molecule has 4 nitrogen and oxygen atoms in total. The predicted molar refractivity (Wildman–Crippen MR) is 80.0 cm³/mol. The molecule has 0 amide bonds. The van der Waals surface area contributed by atoms with Gasteiger partial charge in [0.25, 0.3) is 0 Å². The third-order valence-corrected chi connectivity index (χ3v) is 3.58. The van der Waals surface area contributed by atoms with Gasteiger partial charge in [-0.1, -0.05) is 13.8 Å². The van der Waals surface area contributed by atoms with Gasteiger partial charge in [-0.2, -0.15) is 0 Å². The smallest absolute Gasteiger partial charge is 0.179 e. The average Bonchev–Trinajstić information content (AvgIpc) is 2.65. The van der Waals surface area contributed by atoms with Gasteiger partial charge in [0.15, 0.2) is 10.4 Å². The van der Waals surface area contributed by atoms with Crippen molar-refractivity contribution in [3.8, 4) is 0 Å². The number of ether oxygens (including phenoxy) is 1. The van der Waals surface area contributed by atoms with Crippen molar-refractivity contribution in [2.45, 2.75) is 33.7 Å². The average molecular weight is 279 g/mol. The Hall–Kier alpha value is -1.20. The van der Waals surface area contributed by atoms with Crippen molar-refractivity contribution in [3.05, 3.63) is 22.6 Å². The van der Waals surface area contributed by atoms with Gasteiger partial charge in [-0.05, 0) is 43.6 Å². The van der Waals surface area contributed by atoms with E-state index in [9.17, 15) is 0 Å². The lowest BCUT2D eigenvalue weighted by Crippen LogP contribution is -2.21. The van der Waals surface area contributed by atoms with Gasteiger partial charge in [-0.3, -0.25) is 4.57 Å². The van der Waals surface area contributed by atoms with Gasteiger partial charge in [-0.25, -0.2) is 4.98 Å². The molecule has 1 atom stereocenters. The fourth-order valence-corrected chi connectivity index (χ4v) is 2.56. The number of hydrogen-bond acceptors (Lipinski definition) is 3. The van der Waals surface area contributed by atoms with E-state index >= 15 is 0 Å². The fraction of sp³-hybridized carbons (Fsp3) is 0.571. The summed E-state index contributed by atoms with van der Waals surface area (Å²) in [7, 11) is 0. The normalized spacial score (nSPS) is 13.3. The summed E-state index contributed by atoms with van der Waals surface area (Å²) in [6, 6.07) is 2.28. The summed E-state index contributed by atoms with van der Waals surface area (Å²) < 4.78 is 8.40. The first-order valence-electron chi connectivity index (χ1n) is 6.69. The number of fused-ring (bicyclic) bond motifs is 1. The Kier molecular flexibility index (Phi) is 4.37. The molecule has 2 rings (SSSR count). The van der Waals surface area contributed by atoms with E-state index in [0.29, 0.717) is 23.9 Å². The number of aromatic nitrogens is 3. The molecule has 0 spiro atoms. The highest BCUT2D eigenvalue weighted by molar-refractivity contribution is 7.71. The quantitative estimate of drug-likeness (QED) is 0.850. The van der Waals surface area contributed by atoms with E-state index < -0.39 is 0 Å². The van der Waals surface area contributed by atoms with Crippen LogP contribution in [0.2, 0.25) is 0 Å². The Balaban J connectivity index is 2.52. The van der Waals surface area contributed by atoms with Crippen molar-refractivity contribution in [2.75, 3.05) is 13.2 Å². The molecule has 2 aromatic heterocycles. The maximum atomic E-state index is 5.60. The summed E-state index contributed by atoms with van der Waals surface area (Å²) in [6.07, 6.45) is 1.87. The van der Waals surface area contributed by atoms with Crippen LogP contribution in [-0.2, 0) is 4.74 Å². The molecule has 19 heavy (non-hydrogen) atoms. The van der Waals surface area contributed by atoms with Crippen LogP contribution in [0.5, 0.6) is 0 Å². The molecule has 0 bridgehead atoms. The lowest BCUT2D eigenvalue weighted by atomic mass is 10.1. The van der Waals surface area contributed by atoms with Crippen molar-refractivity contribution in [1.82, 2.24) is 14.5 Å². The number of aromatic amines is 1. The summed E-state index contributed by atoms with van der Waals surface area (Å²) >= 11 is 5.45. The first-order chi connectivity index (χ1) is 9.04. The summed E-state index contributed by atoms with van der Waals surface area (Å²) in [6.45, 7) is 9.77.